The van der Waals surface area contributed by atoms with Gasteiger partial charge in [-0.1, -0.05) is 0 Å². The average Bonchev–Trinajstić information content (AvgIpc) is 3.07. The lowest BCUT2D eigenvalue weighted by atomic mass is 10.2. The van der Waals surface area contributed by atoms with E-state index in [-0.39, 0.29) is 50.6 Å². The number of nitrogens with one attached hydrogen (secondary N) is 3. The van der Waals surface area contributed by atoms with Gasteiger partial charge in [-0.2, -0.15) is 8.78 Å². The van der Waals surface area contributed by atoms with Gasteiger partial charge in [0.15, 0.2) is 11.6 Å². The number of ether oxygens (including phenoxy) is 1. The molecule has 0 radical (unpaired) electrons. The van der Waals surface area contributed by atoms with Crippen molar-refractivity contribution in [3.05, 3.63) is 48.3 Å². The predicted molar refractivity (Wildman–Crippen MR) is 123 cm³/mol. The van der Waals surface area contributed by atoms with Gasteiger partial charge in [-0.3, -0.25) is 19.7 Å². The summed E-state index contributed by atoms with van der Waals surface area (Å²) in [6.07, 6.45) is -2.08. The van der Waals surface area contributed by atoms with Crippen molar-refractivity contribution in [2.75, 3.05) is 54.4 Å². The highest BCUT2D eigenvalue weighted by Gasteiger charge is 2.34. The van der Waals surface area contributed by atoms with Crippen LogP contribution in [0.1, 0.15) is 0 Å². The molecule has 4 amide bonds. The standard InChI is InChI=1S/C22H23F4N7O4/c23-16-9-14(32-12-15(37-22(32)36)11-28-20(34)19(25)26)10-17(24)18(16)31-6-5-29-33(8-7-31)21(35)30-13-1-3-27-4-2-13/h1-4,9-10,15,19,29H,5-8,11-12H2,(H,28,34)(H,27,30,35)/t15-/m0/s1. The van der Waals surface area contributed by atoms with Crippen LogP contribution in [0.4, 0.5) is 44.2 Å². The number of amides is 4. The second-order valence-corrected chi connectivity index (χ2v) is 8.13. The summed E-state index contributed by atoms with van der Waals surface area (Å²) in [7, 11) is 0. The molecule has 1 atom stereocenters. The summed E-state index contributed by atoms with van der Waals surface area (Å²) < 4.78 is 59.8. The Labute approximate surface area is 208 Å². The number of hydrogen-bond acceptors (Lipinski definition) is 7. The largest absolute Gasteiger partial charge is 0.442 e. The predicted octanol–water partition coefficient (Wildman–Crippen LogP) is 1.93. The number of benzene rings is 1. The molecule has 1 aromatic heterocycles. The van der Waals surface area contributed by atoms with E-state index >= 15 is 8.78 Å². The quantitative estimate of drug-likeness (QED) is 0.493. The van der Waals surface area contributed by atoms with Gasteiger partial charge in [0.1, 0.15) is 11.8 Å². The van der Waals surface area contributed by atoms with Crippen molar-refractivity contribution in [3.63, 3.8) is 0 Å². The van der Waals surface area contributed by atoms with Gasteiger partial charge in [-0.05, 0) is 12.1 Å². The summed E-state index contributed by atoms with van der Waals surface area (Å²) in [6.45, 7) is 0.0542. The SMILES string of the molecule is O=C(NC[C@H]1CN(c2cc(F)c(N3CCNN(C(=O)Nc4ccncc4)CC3)c(F)c2)C(=O)O1)C(F)F. The molecule has 15 heteroatoms. The van der Waals surface area contributed by atoms with Crippen LogP contribution in [-0.4, -0.2) is 79.8 Å². The van der Waals surface area contributed by atoms with E-state index in [2.05, 4.69) is 15.7 Å². The molecule has 0 aliphatic carbocycles. The maximum Gasteiger partial charge on any atom is 0.414 e. The molecule has 198 valence electrons. The minimum absolute atomic E-state index is 0.113. The van der Waals surface area contributed by atoms with Crippen LogP contribution in [0.2, 0.25) is 0 Å². The fourth-order valence-corrected chi connectivity index (χ4v) is 3.89. The number of cyclic esters (lactones) is 1. The van der Waals surface area contributed by atoms with Crippen molar-refractivity contribution in [1.82, 2.24) is 20.7 Å². The Morgan fingerprint density at radius 2 is 1.84 bits per heavy atom. The summed E-state index contributed by atoms with van der Waals surface area (Å²) in [4.78, 5) is 42.0. The molecule has 0 unspecified atom stereocenters. The number of carbonyl (C=O) groups excluding carboxylic acids is 3. The Balaban J connectivity index is 1.39. The minimum Gasteiger partial charge on any atom is -0.442 e. The highest BCUT2D eigenvalue weighted by molar-refractivity contribution is 5.90. The second-order valence-electron chi connectivity index (χ2n) is 8.13. The number of nitrogens with zero attached hydrogens (tertiary/aromatic N) is 4. The molecule has 2 saturated heterocycles. The van der Waals surface area contributed by atoms with Gasteiger partial charge < -0.3 is 20.3 Å². The van der Waals surface area contributed by atoms with Gasteiger partial charge in [0, 0.05) is 49.8 Å². The zero-order chi connectivity index (χ0) is 26.5. The number of alkyl halides is 2. The highest BCUT2D eigenvalue weighted by atomic mass is 19.3. The maximum atomic E-state index is 15.1. The zero-order valence-electron chi connectivity index (χ0n) is 19.3. The van der Waals surface area contributed by atoms with Crippen LogP contribution in [0.25, 0.3) is 0 Å². The molecule has 0 saturated carbocycles. The zero-order valence-corrected chi connectivity index (χ0v) is 19.3. The summed E-state index contributed by atoms with van der Waals surface area (Å²) in [5.41, 5.74) is 2.99. The first kappa shape index (κ1) is 25.9. The van der Waals surface area contributed by atoms with E-state index < -0.39 is 42.2 Å². The summed E-state index contributed by atoms with van der Waals surface area (Å²) >= 11 is 0. The number of anilines is 3. The Hall–Kier alpha value is -4.14. The van der Waals surface area contributed by atoms with Crippen molar-refractivity contribution in [1.29, 1.82) is 0 Å². The van der Waals surface area contributed by atoms with E-state index in [1.54, 1.807) is 12.1 Å². The van der Waals surface area contributed by atoms with Crippen molar-refractivity contribution >= 4 is 35.1 Å². The number of rotatable bonds is 6. The molecule has 11 nitrogen and oxygen atoms in total. The van der Waals surface area contributed by atoms with E-state index in [1.165, 1.54) is 22.3 Å². The maximum absolute atomic E-state index is 15.1. The van der Waals surface area contributed by atoms with Crippen molar-refractivity contribution in [3.8, 4) is 0 Å². The van der Waals surface area contributed by atoms with Crippen molar-refractivity contribution in [2.24, 2.45) is 0 Å². The van der Waals surface area contributed by atoms with Crippen LogP contribution in [0.15, 0.2) is 36.7 Å². The van der Waals surface area contributed by atoms with Gasteiger partial charge in [0.25, 0.3) is 5.91 Å². The van der Waals surface area contributed by atoms with E-state index in [4.69, 9.17) is 4.74 Å². The van der Waals surface area contributed by atoms with Crippen LogP contribution < -0.4 is 25.9 Å². The lowest BCUT2D eigenvalue weighted by Gasteiger charge is -2.25. The lowest BCUT2D eigenvalue weighted by molar-refractivity contribution is -0.132. The van der Waals surface area contributed by atoms with E-state index in [0.29, 0.717) is 5.69 Å². The molecule has 3 N–H and O–H groups in total. The third-order valence-corrected chi connectivity index (χ3v) is 5.66. The molecule has 1 aromatic carbocycles. The molecule has 3 heterocycles. The number of pyridine rings is 1. The van der Waals surface area contributed by atoms with Gasteiger partial charge in [-0.25, -0.2) is 23.8 Å². The minimum atomic E-state index is -3.22. The van der Waals surface area contributed by atoms with Crippen molar-refractivity contribution in [2.45, 2.75) is 12.5 Å². The summed E-state index contributed by atoms with van der Waals surface area (Å²) in [5.74, 6) is -3.39. The lowest BCUT2D eigenvalue weighted by Crippen LogP contribution is -2.46. The van der Waals surface area contributed by atoms with Gasteiger partial charge in [-0.15, -0.1) is 0 Å². The summed E-state index contributed by atoms with van der Waals surface area (Å²) in [5, 5.41) is 5.93. The highest BCUT2D eigenvalue weighted by Crippen LogP contribution is 2.31. The van der Waals surface area contributed by atoms with Gasteiger partial charge in [0.05, 0.1) is 25.3 Å². The number of hydrogen-bond donors (Lipinski definition) is 3. The Kier molecular flexibility index (Phi) is 7.91. The molecule has 37 heavy (non-hydrogen) atoms. The topological polar surface area (TPSA) is 119 Å². The van der Waals surface area contributed by atoms with E-state index in [9.17, 15) is 23.2 Å². The van der Waals surface area contributed by atoms with Gasteiger partial charge in [0.2, 0.25) is 0 Å². The molecule has 2 aliphatic heterocycles. The Morgan fingerprint density at radius 3 is 2.51 bits per heavy atom. The molecule has 4 rings (SSSR count). The number of carbonyl (C=O) groups is 3. The van der Waals surface area contributed by atoms with Crippen molar-refractivity contribution < 1.29 is 36.7 Å². The summed E-state index contributed by atoms with van der Waals surface area (Å²) in [6, 6.07) is 4.72. The van der Waals surface area contributed by atoms with Crippen LogP contribution in [0, 0.1) is 11.6 Å². The fraction of sp³-hybridized carbons (Fsp3) is 0.364. The van der Waals surface area contributed by atoms with Crippen LogP contribution in [-0.2, 0) is 9.53 Å². The third kappa shape index (κ3) is 6.17. The smallest absolute Gasteiger partial charge is 0.414 e. The fourth-order valence-electron chi connectivity index (χ4n) is 3.89. The number of urea groups is 1. The molecule has 2 aromatic rings. The molecular formula is C22H23F4N7O4. The Bertz CT molecular complexity index is 1130. The molecule has 0 spiro atoms. The molecular weight excluding hydrogens is 502 g/mol. The number of halogens is 4. The number of hydrazine groups is 1. The number of aromatic nitrogens is 1. The normalized spacial score (nSPS) is 18.0. The van der Waals surface area contributed by atoms with Gasteiger partial charge >= 0.3 is 18.5 Å². The molecule has 2 aliphatic rings. The Morgan fingerprint density at radius 1 is 1.14 bits per heavy atom. The second kappa shape index (κ2) is 11.3. The third-order valence-electron chi connectivity index (χ3n) is 5.66. The first-order chi connectivity index (χ1) is 17.7. The van der Waals surface area contributed by atoms with Crippen LogP contribution in [0.5, 0.6) is 0 Å². The van der Waals surface area contributed by atoms with Crippen LogP contribution >= 0.6 is 0 Å². The van der Waals surface area contributed by atoms with E-state index in [1.807, 2.05) is 5.32 Å². The van der Waals surface area contributed by atoms with E-state index in [0.717, 1.165) is 17.0 Å². The molecule has 2 fully saturated rings. The molecule has 0 bridgehead atoms. The monoisotopic (exact) mass is 525 g/mol. The van der Waals surface area contributed by atoms with Crippen LogP contribution in [0.3, 0.4) is 0 Å². The first-order valence-electron chi connectivity index (χ1n) is 11.2. The average molecular weight is 525 g/mol. The first-order valence-corrected chi connectivity index (χ1v) is 11.2.